The first kappa shape index (κ1) is 18.9. The number of aryl methyl sites for hydroxylation is 1. The van der Waals surface area contributed by atoms with Crippen molar-refractivity contribution in [3.05, 3.63) is 88.5 Å². The van der Waals surface area contributed by atoms with Crippen LogP contribution in [0.5, 0.6) is 0 Å². The molecule has 0 aliphatic rings. The molecule has 1 aromatic heterocycles. The van der Waals surface area contributed by atoms with Gasteiger partial charge in [-0.2, -0.15) is 5.10 Å². The number of aromatic nitrogens is 2. The van der Waals surface area contributed by atoms with Gasteiger partial charge in [-0.15, -0.1) is 0 Å². The van der Waals surface area contributed by atoms with E-state index in [1.54, 1.807) is 30.2 Å². The molecule has 0 aliphatic heterocycles. The lowest BCUT2D eigenvalue weighted by Gasteiger charge is -2.14. The summed E-state index contributed by atoms with van der Waals surface area (Å²) in [7, 11) is 1.75. The summed E-state index contributed by atoms with van der Waals surface area (Å²) < 4.78 is 14.6. The molecule has 0 N–H and O–H groups in total. The molecule has 0 fully saturated rings. The summed E-state index contributed by atoms with van der Waals surface area (Å²) in [5, 5.41) is 4.76. The van der Waals surface area contributed by atoms with E-state index >= 15 is 0 Å². The SMILES string of the molecule is Cc1nn(-c2ccc(F)cc2)c(Cl)c1/C=C/C(=O)N(C)Cc1ccccc1. The maximum absolute atomic E-state index is 13.1. The first-order valence-corrected chi connectivity index (χ1v) is 8.81. The highest BCUT2D eigenvalue weighted by molar-refractivity contribution is 6.31. The van der Waals surface area contributed by atoms with Gasteiger partial charge in [0.05, 0.1) is 11.4 Å². The van der Waals surface area contributed by atoms with E-state index in [2.05, 4.69) is 5.10 Å². The van der Waals surface area contributed by atoms with Crippen molar-refractivity contribution in [3.8, 4) is 5.69 Å². The van der Waals surface area contributed by atoms with Crippen molar-refractivity contribution in [2.75, 3.05) is 7.05 Å². The van der Waals surface area contributed by atoms with E-state index in [0.717, 1.165) is 5.56 Å². The lowest BCUT2D eigenvalue weighted by Crippen LogP contribution is -2.24. The van der Waals surface area contributed by atoms with Crippen molar-refractivity contribution in [1.82, 2.24) is 14.7 Å². The van der Waals surface area contributed by atoms with Crippen molar-refractivity contribution in [3.63, 3.8) is 0 Å². The van der Waals surface area contributed by atoms with Gasteiger partial charge in [-0.25, -0.2) is 9.07 Å². The number of amides is 1. The zero-order chi connectivity index (χ0) is 19.4. The zero-order valence-corrected chi connectivity index (χ0v) is 15.8. The van der Waals surface area contributed by atoms with Crippen LogP contribution in [0.15, 0.2) is 60.7 Å². The van der Waals surface area contributed by atoms with Gasteiger partial charge in [0.1, 0.15) is 11.0 Å². The summed E-state index contributed by atoms with van der Waals surface area (Å²) >= 11 is 6.43. The molecule has 3 rings (SSSR count). The molecule has 3 aromatic rings. The van der Waals surface area contributed by atoms with E-state index < -0.39 is 0 Å². The van der Waals surface area contributed by atoms with Gasteiger partial charge in [0.25, 0.3) is 0 Å². The normalized spacial score (nSPS) is 11.1. The largest absolute Gasteiger partial charge is 0.338 e. The minimum atomic E-state index is -0.328. The fourth-order valence-electron chi connectivity index (χ4n) is 2.67. The summed E-state index contributed by atoms with van der Waals surface area (Å²) in [6.45, 7) is 2.33. The number of hydrogen-bond acceptors (Lipinski definition) is 2. The van der Waals surface area contributed by atoms with Gasteiger partial charge in [-0.1, -0.05) is 41.9 Å². The van der Waals surface area contributed by atoms with Crippen LogP contribution in [-0.4, -0.2) is 27.6 Å². The average Bonchev–Trinajstić information content (AvgIpc) is 2.95. The van der Waals surface area contributed by atoms with Crippen LogP contribution in [0.3, 0.4) is 0 Å². The van der Waals surface area contributed by atoms with Gasteiger partial charge in [-0.3, -0.25) is 4.79 Å². The van der Waals surface area contributed by atoms with E-state index in [1.807, 2.05) is 37.3 Å². The second kappa shape index (κ2) is 8.18. The van der Waals surface area contributed by atoms with Crippen LogP contribution in [0.2, 0.25) is 5.15 Å². The fourth-order valence-corrected chi connectivity index (χ4v) is 3.01. The van der Waals surface area contributed by atoms with Crippen LogP contribution >= 0.6 is 11.6 Å². The van der Waals surface area contributed by atoms with E-state index in [-0.39, 0.29) is 11.7 Å². The van der Waals surface area contributed by atoms with Gasteiger partial charge in [0.2, 0.25) is 5.91 Å². The summed E-state index contributed by atoms with van der Waals surface area (Å²) in [5.74, 6) is -0.463. The Labute approximate surface area is 162 Å². The van der Waals surface area contributed by atoms with Gasteiger partial charge in [0.15, 0.2) is 0 Å². The van der Waals surface area contributed by atoms with Crippen LogP contribution in [0.4, 0.5) is 4.39 Å². The number of hydrogen-bond donors (Lipinski definition) is 0. The van der Waals surface area contributed by atoms with Crippen LogP contribution in [0, 0.1) is 12.7 Å². The smallest absolute Gasteiger partial charge is 0.246 e. The Kier molecular flexibility index (Phi) is 5.72. The number of carbonyl (C=O) groups excluding carboxylic acids is 1. The molecule has 0 aliphatic carbocycles. The number of benzene rings is 2. The Bertz CT molecular complexity index is 965. The lowest BCUT2D eigenvalue weighted by atomic mass is 10.2. The minimum Gasteiger partial charge on any atom is -0.338 e. The Morgan fingerprint density at radius 1 is 1.19 bits per heavy atom. The van der Waals surface area contributed by atoms with Crippen molar-refractivity contribution in [2.24, 2.45) is 0 Å². The second-order valence-electron chi connectivity index (χ2n) is 6.19. The molecule has 27 heavy (non-hydrogen) atoms. The third-order valence-corrected chi connectivity index (χ3v) is 4.51. The molecule has 0 unspecified atom stereocenters. The van der Waals surface area contributed by atoms with Crippen molar-refractivity contribution >= 4 is 23.6 Å². The second-order valence-corrected chi connectivity index (χ2v) is 6.55. The number of halogens is 2. The Morgan fingerprint density at radius 3 is 2.52 bits per heavy atom. The molecule has 0 bridgehead atoms. The highest BCUT2D eigenvalue weighted by atomic mass is 35.5. The maximum Gasteiger partial charge on any atom is 0.246 e. The number of rotatable bonds is 5. The summed E-state index contributed by atoms with van der Waals surface area (Å²) in [6, 6.07) is 15.7. The van der Waals surface area contributed by atoms with Crippen molar-refractivity contribution in [1.29, 1.82) is 0 Å². The van der Waals surface area contributed by atoms with E-state index in [0.29, 0.717) is 28.6 Å². The van der Waals surface area contributed by atoms with Crippen molar-refractivity contribution in [2.45, 2.75) is 13.5 Å². The molecular weight excluding hydrogens is 365 g/mol. The van der Waals surface area contributed by atoms with E-state index in [1.165, 1.54) is 22.9 Å². The lowest BCUT2D eigenvalue weighted by molar-refractivity contribution is -0.125. The molecule has 0 atom stereocenters. The molecule has 6 heteroatoms. The predicted octanol–water partition coefficient (Wildman–Crippen LogP) is 4.65. The van der Waals surface area contributed by atoms with E-state index in [4.69, 9.17) is 11.6 Å². The molecule has 4 nitrogen and oxygen atoms in total. The number of likely N-dealkylation sites (N-methyl/N-ethyl adjacent to an activating group) is 1. The third-order valence-electron chi connectivity index (χ3n) is 4.15. The molecule has 1 amide bonds. The molecular formula is C21H19ClFN3O. The van der Waals surface area contributed by atoms with Crippen LogP contribution in [0.25, 0.3) is 11.8 Å². The topological polar surface area (TPSA) is 38.1 Å². The van der Waals surface area contributed by atoms with Gasteiger partial charge >= 0.3 is 0 Å². The minimum absolute atomic E-state index is 0.135. The van der Waals surface area contributed by atoms with E-state index in [9.17, 15) is 9.18 Å². The monoisotopic (exact) mass is 383 g/mol. The summed E-state index contributed by atoms with van der Waals surface area (Å²) in [5.41, 5.74) is 3.04. The Balaban J connectivity index is 1.77. The summed E-state index contributed by atoms with van der Waals surface area (Å²) in [6.07, 6.45) is 3.14. The molecule has 1 heterocycles. The standard InChI is InChI=1S/C21H19ClFN3O/c1-15-19(21(22)26(24-15)18-10-8-17(23)9-11-18)12-13-20(27)25(2)14-16-6-4-3-5-7-16/h3-13H,14H2,1-2H3/b13-12+. The average molecular weight is 384 g/mol. The van der Waals surface area contributed by atoms with Gasteiger partial charge < -0.3 is 4.90 Å². The molecule has 2 aromatic carbocycles. The number of nitrogens with zero attached hydrogens (tertiary/aromatic N) is 3. The maximum atomic E-state index is 13.1. The highest BCUT2D eigenvalue weighted by Crippen LogP contribution is 2.25. The van der Waals surface area contributed by atoms with Gasteiger partial charge in [-0.05, 0) is 42.8 Å². The Hall–Kier alpha value is -2.92. The molecule has 138 valence electrons. The zero-order valence-electron chi connectivity index (χ0n) is 15.1. The van der Waals surface area contributed by atoms with Crippen LogP contribution in [0.1, 0.15) is 16.8 Å². The highest BCUT2D eigenvalue weighted by Gasteiger charge is 2.13. The first-order chi connectivity index (χ1) is 13.0. The first-order valence-electron chi connectivity index (χ1n) is 8.44. The third kappa shape index (κ3) is 4.44. The summed E-state index contributed by atoms with van der Waals surface area (Å²) in [4.78, 5) is 14.0. The fraction of sp³-hybridized carbons (Fsp3) is 0.143. The van der Waals surface area contributed by atoms with Crippen LogP contribution in [-0.2, 0) is 11.3 Å². The Morgan fingerprint density at radius 2 is 1.85 bits per heavy atom. The molecule has 0 saturated heterocycles. The molecule has 0 spiro atoms. The quantitative estimate of drug-likeness (QED) is 0.602. The molecule has 0 radical (unpaired) electrons. The van der Waals surface area contributed by atoms with Crippen LogP contribution < -0.4 is 0 Å². The van der Waals surface area contributed by atoms with Crippen molar-refractivity contribution < 1.29 is 9.18 Å². The molecule has 0 saturated carbocycles. The van der Waals surface area contributed by atoms with Gasteiger partial charge in [0, 0.05) is 25.2 Å². The number of carbonyl (C=O) groups is 1. The predicted molar refractivity (Wildman–Crippen MR) is 105 cm³/mol.